The number of nitro groups is 1. The highest BCUT2D eigenvalue weighted by atomic mass is 16.6. The summed E-state index contributed by atoms with van der Waals surface area (Å²) in [5.74, 6) is 0.788. The first kappa shape index (κ1) is 19.9. The van der Waals surface area contributed by atoms with Crippen LogP contribution in [0.15, 0.2) is 24.8 Å². The third-order valence-electron chi connectivity index (χ3n) is 2.66. The molecule has 0 spiro atoms. The molecule has 124 valence electrons. The van der Waals surface area contributed by atoms with E-state index in [-0.39, 0.29) is 18.9 Å². The van der Waals surface area contributed by atoms with Crippen molar-refractivity contribution in [3.8, 4) is 11.5 Å². The number of ether oxygens (including phenoxy) is 2. The van der Waals surface area contributed by atoms with Crippen LogP contribution in [-0.2, 0) is 6.42 Å². The molecule has 0 bridgehead atoms. The zero-order valence-corrected chi connectivity index (χ0v) is 13.7. The first-order valence-electron chi connectivity index (χ1n) is 7.48. The lowest BCUT2D eigenvalue weighted by Gasteiger charge is -2.26. The van der Waals surface area contributed by atoms with Gasteiger partial charge in [-0.05, 0) is 6.07 Å². The SMILES string of the molecule is C=CCc1c([N+](=O)[O-])ccc2c1OC(CO)CO2.CC.CC. The van der Waals surface area contributed by atoms with E-state index >= 15 is 0 Å². The first-order valence-corrected chi connectivity index (χ1v) is 7.48. The first-order chi connectivity index (χ1) is 10.7. The highest BCUT2D eigenvalue weighted by Crippen LogP contribution is 2.40. The van der Waals surface area contributed by atoms with Gasteiger partial charge in [0.25, 0.3) is 5.69 Å². The van der Waals surface area contributed by atoms with Crippen LogP contribution in [0.1, 0.15) is 33.3 Å². The molecule has 1 unspecified atom stereocenters. The minimum Gasteiger partial charge on any atom is -0.486 e. The molecular weight excluding hydrogens is 286 g/mol. The number of nitrogens with zero attached hydrogens (tertiary/aromatic N) is 1. The summed E-state index contributed by atoms with van der Waals surface area (Å²) in [6, 6.07) is 2.90. The summed E-state index contributed by atoms with van der Waals surface area (Å²) in [4.78, 5) is 10.5. The van der Waals surface area contributed by atoms with Gasteiger partial charge in [-0.1, -0.05) is 33.8 Å². The fourth-order valence-corrected chi connectivity index (χ4v) is 1.82. The number of aliphatic hydroxyl groups is 1. The maximum Gasteiger partial charge on any atom is 0.276 e. The van der Waals surface area contributed by atoms with Gasteiger partial charge in [-0.15, -0.1) is 6.58 Å². The van der Waals surface area contributed by atoms with Crippen molar-refractivity contribution >= 4 is 5.69 Å². The summed E-state index contributed by atoms with van der Waals surface area (Å²) >= 11 is 0. The van der Waals surface area contributed by atoms with E-state index in [2.05, 4.69) is 6.58 Å². The number of hydrogen-bond acceptors (Lipinski definition) is 5. The molecule has 0 amide bonds. The van der Waals surface area contributed by atoms with Gasteiger partial charge < -0.3 is 14.6 Å². The molecule has 1 aliphatic heterocycles. The molecule has 0 saturated heterocycles. The summed E-state index contributed by atoms with van der Waals surface area (Å²) in [7, 11) is 0. The Labute approximate surface area is 131 Å². The maximum absolute atomic E-state index is 11.0. The van der Waals surface area contributed by atoms with Crippen molar-refractivity contribution in [2.24, 2.45) is 0 Å². The number of aliphatic hydroxyl groups excluding tert-OH is 1. The molecule has 1 atom stereocenters. The lowest BCUT2D eigenvalue weighted by Crippen LogP contribution is -2.32. The van der Waals surface area contributed by atoms with Crippen LogP contribution < -0.4 is 9.47 Å². The van der Waals surface area contributed by atoms with Crippen LogP contribution >= 0.6 is 0 Å². The molecule has 0 saturated carbocycles. The maximum atomic E-state index is 11.0. The molecule has 0 aromatic heterocycles. The fraction of sp³-hybridized carbons (Fsp3) is 0.500. The van der Waals surface area contributed by atoms with E-state index in [1.54, 1.807) is 6.08 Å². The van der Waals surface area contributed by atoms with E-state index in [1.807, 2.05) is 27.7 Å². The molecular formula is C16H25NO5. The van der Waals surface area contributed by atoms with E-state index in [9.17, 15) is 10.1 Å². The Bertz CT molecular complexity index is 488. The van der Waals surface area contributed by atoms with Crippen LogP contribution in [0.25, 0.3) is 0 Å². The number of rotatable bonds is 4. The van der Waals surface area contributed by atoms with Crippen molar-refractivity contribution < 1.29 is 19.5 Å². The van der Waals surface area contributed by atoms with Crippen LogP contribution in [0.2, 0.25) is 0 Å². The molecule has 0 radical (unpaired) electrons. The summed E-state index contributed by atoms with van der Waals surface area (Å²) in [5, 5.41) is 20.0. The van der Waals surface area contributed by atoms with Gasteiger partial charge in [0.15, 0.2) is 17.6 Å². The van der Waals surface area contributed by atoms with Crippen molar-refractivity contribution in [3.63, 3.8) is 0 Å². The molecule has 0 aliphatic carbocycles. The molecule has 1 aromatic carbocycles. The van der Waals surface area contributed by atoms with Gasteiger partial charge in [-0.25, -0.2) is 0 Å². The largest absolute Gasteiger partial charge is 0.486 e. The number of nitro benzene ring substituents is 1. The van der Waals surface area contributed by atoms with E-state index in [4.69, 9.17) is 14.6 Å². The summed E-state index contributed by atoms with van der Waals surface area (Å²) in [5.41, 5.74) is 0.390. The number of hydrogen-bond donors (Lipinski definition) is 1. The highest BCUT2D eigenvalue weighted by molar-refractivity contribution is 5.58. The monoisotopic (exact) mass is 311 g/mol. The van der Waals surface area contributed by atoms with E-state index in [0.29, 0.717) is 23.5 Å². The predicted molar refractivity (Wildman–Crippen MR) is 86.7 cm³/mol. The van der Waals surface area contributed by atoms with Gasteiger partial charge >= 0.3 is 0 Å². The molecule has 6 nitrogen and oxygen atoms in total. The van der Waals surface area contributed by atoms with Gasteiger partial charge in [0.05, 0.1) is 17.1 Å². The van der Waals surface area contributed by atoms with Crippen molar-refractivity contribution in [1.82, 2.24) is 0 Å². The standard InChI is InChI=1S/C12H13NO5.2C2H6/c1-2-3-9-10(13(15)16)4-5-11-12(9)18-8(6-14)7-17-11;2*1-2/h2,4-5,8,14H,1,3,6-7H2;2*1-2H3. The zero-order valence-electron chi connectivity index (χ0n) is 13.7. The Morgan fingerprint density at radius 3 is 2.55 bits per heavy atom. The molecule has 1 heterocycles. The molecule has 22 heavy (non-hydrogen) atoms. The van der Waals surface area contributed by atoms with Crippen LogP contribution in [0, 0.1) is 10.1 Å². The van der Waals surface area contributed by atoms with Crippen LogP contribution in [0.5, 0.6) is 11.5 Å². The second-order valence-electron chi connectivity index (χ2n) is 3.87. The lowest BCUT2D eigenvalue weighted by molar-refractivity contribution is -0.385. The van der Waals surface area contributed by atoms with Crippen LogP contribution in [0.4, 0.5) is 5.69 Å². The third kappa shape index (κ3) is 4.73. The Morgan fingerprint density at radius 2 is 2.05 bits per heavy atom. The molecule has 1 aromatic rings. The second kappa shape index (κ2) is 10.6. The van der Waals surface area contributed by atoms with Crippen molar-refractivity contribution in [3.05, 3.63) is 40.5 Å². The average molecular weight is 311 g/mol. The topological polar surface area (TPSA) is 81.8 Å². The summed E-state index contributed by atoms with van der Waals surface area (Å²) in [6.45, 7) is 11.6. The lowest BCUT2D eigenvalue weighted by atomic mass is 10.1. The van der Waals surface area contributed by atoms with Crippen molar-refractivity contribution in [1.29, 1.82) is 0 Å². The molecule has 6 heteroatoms. The highest BCUT2D eigenvalue weighted by Gasteiger charge is 2.28. The zero-order chi connectivity index (χ0) is 17.1. The van der Waals surface area contributed by atoms with Gasteiger partial charge in [0.1, 0.15) is 6.61 Å². The Hall–Kier alpha value is -2.08. The summed E-state index contributed by atoms with van der Waals surface area (Å²) in [6.07, 6.45) is 1.37. The van der Waals surface area contributed by atoms with Gasteiger partial charge in [-0.3, -0.25) is 10.1 Å². The van der Waals surface area contributed by atoms with Crippen LogP contribution in [-0.4, -0.2) is 29.3 Å². The molecule has 1 aliphatic rings. The van der Waals surface area contributed by atoms with Gasteiger partial charge in [-0.2, -0.15) is 0 Å². The number of allylic oxidation sites excluding steroid dienone is 1. The van der Waals surface area contributed by atoms with Crippen molar-refractivity contribution in [2.45, 2.75) is 40.2 Å². The number of benzene rings is 1. The van der Waals surface area contributed by atoms with Gasteiger partial charge in [0, 0.05) is 12.5 Å². The second-order valence-corrected chi connectivity index (χ2v) is 3.87. The fourth-order valence-electron chi connectivity index (χ4n) is 1.82. The smallest absolute Gasteiger partial charge is 0.276 e. The Morgan fingerprint density at radius 1 is 1.41 bits per heavy atom. The van der Waals surface area contributed by atoms with Gasteiger partial charge in [0.2, 0.25) is 0 Å². The summed E-state index contributed by atoms with van der Waals surface area (Å²) < 4.78 is 10.9. The minimum absolute atomic E-state index is 0.0316. The van der Waals surface area contributed by atoms with Crippen molar-refractivity contribution in [2.75, 3.05) is 13.2 Å². The average Bonchev–Trinajstić information content (AvgIpc) is 2.58. The van der Waals surface area contributed by atoms with E-state index in [1.165, 1.54) is 12.1 Å². The normalized spacial score (nSPS) is 14.7. The third-order valence-corrected chi connectivity index (χ3v) is 2.66. The van der Waals surface area contributed by atoms with Crippen LogP contribution in [0.3, 0.4) is 0 Å². The quantitative estimate of drug-likeness (QED) is 0.523. The Balaban J connectivity index is 0.00000102. The molecule has 0 fully saturated rings. The minimum atomic E-state index is -0.497. The van der Waals surface area contributed by atoms with E-state index < -0.39 is 11.0 Å². The predicted octanol–water partition coefficient (Wildman–Crippen LogP) is 3.51. The molecule has 1 N–H and O–H groups in total. The Kier molecular flexibility index (Phi) is 9.61. The van der Waals surface area contributed by atoms with E-state index in [0.717, 1.165) is 0 Å². The molecule has 2 rings (SSSR count). The number of fused-ring (bicyclic) bond motifs is 1.